The molecule has 0 spiro atoms. The van der Waals surface area contributed by atoms with Crippen LogP contribution >= 0.6 is 0 Å². The average Bonchev–Trinajstić information content (AvgIpc) is 3.28. The Morgan fingerprint density at radius 2 is 2.29 bits per heavy atom. The summed E-state index contributed by atoms with van der Waals surface area (Å²) in [5, 5.41) is 7.84. The van der Waals surface area contributed by atoms with E-state index in [4.69, 9.17) is 4.74 Å². The van der Waals surface area contributed by atoms with Gasteiger partial charge in [-0.2, -0.15) is 5.10 Å². The normalized spacial score (nSPS) is 20.9. The zero-order valence-corrected chi connectivity index (χ0v) is 14.1. The summed E-state index contributed by atoms with van der Waals surface area (Å²) in [7, 11) is 1.94. The van der Waals surface area contributed by atoms with Gasteiger partial charge < -0.3 is 14.5 Å². The highest BCUT2D eigenvalue weighted by Crippen LogP contribution is 2.33. The molecule has 1 N–H and O–H groups in total. The number of nitrogens with one attached hydrogen (secondary N) is 1. The number of pyridine rings is 1. The van der Waals surface area contributed by atoms with Crippen molar-refractivity contribution in [3.63, 3.8) is 0 Å². The first-order valence-corrected chi connectivity index (χ1v) is 8.45. The molecule has 4 rings (SSSR count). The van der Waals surface area contributed by atoms with Crippen molar-refractivity contribution in [2.24, 2.45) is 13.0 Å². The summed E-state index contributed by atoms with van der Waals surface area (Å²) in [5.41, 5.74) is 4.59. The van der Waals surface area contributed by atoms with Gasteiger partial charge in [0.2, 0.25) is 0 Å². The fourth-order valence-electron chi connectivity index (χ4n) is 3.52. The van der Waals surface area contributed by atoms with Crippen LogP contribution < -0.4 is 5.32 Å². The Labute approximate surface area is 141 Å². The Bertz CT molecular complexity index is 837. The first kappa shape index (κ1) is 15.4. The second kappa shape index (κ2) is 6.37. The molecule has 1 aliphatic heterocycles. The molecular formula is C18H23N5O. The summed E-state index contributed by atoms with van der Waals surface area (Å²) in [4.78, 5) is 4.52. The van der Waals surface area contributed by atoms with E-state index in [1.54, 1.807) is 0 Å². The predicted molar refractivity (Wildman–Crippen MR) is 91.6 cm³/mol. The van der Waals surface area contributed by atoms with Crippen LogP contribution in [0.2, 0.25) is 0 Å². The number of hydrogen-bond acceptors (Lipinski definition) is 4. The Hall–Kier alpha value is -2.18. The minimum atomic E-state index is 0.149. The van der Waals surface area contributed by atoms with E-state index >= 15 is 0 Å². The quantitative estimate of drug-likeness (QED) is 0.782. The molecule has 0 amide bonds. The third-order valence-corrected chi connectivity index (χ3v) is 4.79. The van der Waals surface area contributed by atoms with E-state index in [2.05, 4.69) is 51.3 Å². The summed E-state index contributed by atoms with van der Waals surface area (Å²) in [5.74, 6) is 0.482. The van der Waals surface area contributed by atoms with Crippen LogP contribution in [0.4, 0.5) is 0 Å². The maximum atomic E-state index is 5.93. The number of ether oxygens (including phenoxy) is 1. The molecule has 3 aromatic heterocycles. The molecule has 4 heterocycles. The fraction of sp³-hybridized carbons (Fsp3) is 0.444. The number of hydrogen-bond donors (Lipinski definition) is 1. The average molecular weight is 325 g/mol. The Balaban J connectivity index is 1.40. The van der Waals surface area contributed by atoms with E-state index in [0.717, 1.165) is 31.8 Å². The van der Waals surface area contributed by atoms with Crippen LogP contribution in [0.3, 0.4) is 0 Å². The minimum absolute atomic E-state index is 0.149. The molecule has 1 fully saturated rings. The number of nitrogens with zero attached hydrogens (tertiary/aromatic N) is 4. The third-order valence-electron chi connectivity index (χ3n) is 4.79. The number of imidazole rings is 1. The largest absolute Gasteiger partial charge is 0.373 e. The highest BCUT2D eigenvalue weighted by Gasteiger charge is 2.30. The van der Waals surface area contributed by atoms with Gasteiger partial charge in [-0.15, -0.1) is 0 Å². The maximum Gasteiger partial charge on any atom is 0.139 e. The lowest BCUT2D eigenvalue weighted by molar-refractivity contribution is 0.0903. The Morgan fingerprint density at radius 1 is 1.38 bits per heavy atom. The van der Waals surface area contributed by atoms with Crippen LogP contribution in [-0.4, -0.2) is 32.3 Å². The Morgan fingerprint density at radius 3 is 3.12 bits per heavy atom. The first-order valence-electron chi connectivity index (χ1n) is 8.45. The van der Waals surface area contributed by atoms with Crippen molar-refractivity contribution >= 4 is 5.65 Å². The number of aromatic nitrogens is 4. The molecule has 126 valence electrons. The Kier molecular flexibility index (Phi) is 4.08. The molecule has 6 heteroatoms. The highest BCUT2D eigenvalue weighted by molar-refractivity contribution is 5.48. The summed E-state index contributed by atoms with van der Waals surface area (Å²) in [6.45, 7) is 4.65. The zero-order chi connectivity index (χ0) is 16.5. The van der Waals surface area contributed by atoms with Crippen molar-refractivity contribution in [2.75, 3.05) is 13.2 Å². The standard InChI is InChI=1S/C18H23N5O/c1-13-4-3-6-23-16(11-20-18(13)23)10-19-8-14-5-7-24-17(14)15-9-21-22(2)12-15/h3-4,6,9,11-12,14,17,19H,5,7-8,10H2,1-2H3/t14-,17+/m0/s1. The predicted octanol–water partition coefficient (Wildman–Crippen LogP) is 2.24. The van der Waals surface area contributed by atoms with E-state index < -0.39 is 0 Å². The van der Waals surface area contributed by atoms with Crippen LogP contribution in [0.1, 0.15) is 29.3 Å². The van der Waals surface area contributed by atoms with E-state index in [9.17, 15) is 0 Å². The summed E-state index contributed by atoms with van der Waals surface area (Å²) in [6, 6.07) is 4.16. The smallest absolute Gasteiger partial charge is 0.139 e. The van der Waals surface area contributed by atoms with Crippen molar-refractivity contribution < 1.29 is 4.74 Å². The fourth-order valence-corrected chi connectivity index (χ4v) is 3.52. The molecule has 2 atom stereocenters. The van der Waals surface area contributed by atoms with Gasteiger partial charge in [-0.1, -0.05) is 6.07 Å². The summed E-state index contributed by atoms with van der Waals surface area (Å²) >= 11 is 0. The number of aryl methyl sites for hydroxylation is 2. The molecule has 0 unspecified atom stereocenters. The van der Waals surface area contributed by atoms with E-state index in [0.29, 0.717) is 5.92 Å². The summed E-state index contributed by atoms with van der Waals surface area (Å²) in [6.07, 6.45) is 9.23. The van der Waals surface area contributed by atoms with Crippen molar-refractivity contribution in [3.05, 3.63) is 53.7 Å². The van der Waals surface area contributed by atoms with Gasteiger partial charge in [0.25, 0.3) is 0 Å². The monoisotopic (exact) mass is 325 g/mol. The van der Waals surface area contributed by atoms with Gasteiger partial charge in [0.15, 0.2) is 0 Å². The number of rotatable bonds is 5. The van der Waals surface area contributed by atoms with Crippen LogP contribution in [0.5, 0.6) is 0 Å². The second-order valence-electron chi connectivity index (χ2n) is 6.55. The second-order valence-corrected chi connectivity index (χ2v) is 6.55. The third kappa shape index (κ3) is 2.83. The molecule has 1 saturated heterocycles. The van der Waals surface area contributed by atoms with Crippen LogP contribution in [0.15, 0.2) is 36.9 Å². The van der Waals surface area contributed by atoms with E-state index in [1.807, 2.05) is 24.1 Å². The van der Waals surface area contributed by atoms with Crippen molar-refractivity contribution in [1.82, 2.24) is 24.5 Å². The molecule has 0 aromatic carbocycles. The minimum Gasteiger partial charge on any atom is -0.373 e. The van der Waals surface area contributed by atoms with Crippen LogP contribution in [0.25, 0.3) is 5.65 Å². The molecule has 0 radical (unpaired) electrons. The molecular weight excluding hydrogens is 302 g/mol. The lowest BCUT2D eigenvalue weighted by Crippen LogP contribution is -2.25. The molecule has 0 saturated carbocycles. The van der Waals surface area contributed by atoms with Crippen LogP contribution in [0, 0.1) is 12.8 Å². The lowest BCUT2D eigenvalue weighted by Gasteiger charge is -2.17. The molecule has 6 nitrogen and oxygen atoms in total. The van der Waals surface area contributed by atoms with Gasteiger partial charge in [-0.3, -0.25) is 4.68 Å². The van der Waals surface area contributed by atoms with Gasteiger partial charge in [-0.25, -0.2) is 4.98 Å². The first-order chi connectivity index (χ1) is 11.7. The van der Waals surface area contributed by atoms with E-state index in [-0.39, 0.29) is 6.10 Å². The SMILES string of the molecule is Cc1cccn2c(CNC[C@@H]3CCO[C@H]3c3cnn(C)c3)cnc12. The molecule has 3 aromatic rings. The topological polar surface area (TPSA) is 56.4 Å². The van der Waals surface area contributed by atoms with Gasteiger partial charge in [-0.05, 0) is 25.0 Å². The molecule has 24 heavy (non-hydrogen) atoms. The van der Waals surface area contributed by atoms with Gasteiger partial charge in [0, 0.05) is 50.6 Å². The van der Waals surface area contributed by atoms with Crippen molar-refractivity contribution in [1.29, 1.82) is 0 Å². The maximum absolute atomic E-state index is 5.93. The summed E-state index contributed by atoms with van der Waals surface area (Å²) < 4.78 is 9.92. The lowest BCUT2D eigenvalue weighted by atomic mass is 9.97. The van der Waals surface area contributed by atoms with Gasteiger partial charge in [0.1, 0.15) is 5.65 Å². The molecule has 1 aliphatic rings. The van der Waals surface area contributed by atoms with Gasteiger partial charge >= 0.3 is 0 Å². The highest BCUT2D eigenvalue weighted by atomic mass is 16.5. The van der Waals surface area contributed by atoms with Crippen molar-refractivity contribution in [2.45, 2.75) is 26.0 Å². The molecule has 0 bridgehead atoms. The van der Waals surface area contributed by atoms with E-state index in [1.165, 1.54) is 16.8 Å². The molecule has 0 aliphatic carbocycles. The zero-order valence-electron chi connectivity index (χ0n) is 14.1. The number of fused-ring (bicyclic) bond motifs is 1. The van der Waals surface area contributed by atoms with Gasteiger partial charge in [0.05, 0.1) is 24.2 Å². The van der Waals surface area contributed by atoms with Crippen LogP contribution in [-0.2, 0) is 18.3 Å². The van der Waals surface area contributed by atoms with Crippen molar-refractivity contribution in [3.8, 4) is 0 Å².